The predicted octanol–water partition coefficient (Wildman–Crippen LogP) is 2.87. The lowest BCUT2D eigenvalue weighted by Gasteiger charge is -2.46. The molecule has 2 fully saturated rings. The van der Waals surface area contributed by atoms with Crippen LogP contribution in [0.15, 0.2) is 18.5 Å². The standard InChI is InChI=1S/C15H17ClF3N3O/c16-11-3-10(6-20-7-11)14(21-9-23)4-12-1-2-13(5-14)22(12)8-15(17,18)19/h3,6-7,9,12-13H,1-2,4-5,8H2,(H,21,23). The largest absolute Gasteiger partial charge is 0.401 e. The van der Waals surface area contributed by atoms with Crippen LogP contribution in [0.5, 0.6) is 0 Å². The van der Waals surface area contributed by atoms with Crippen LogP contribution in [0, 0.1) is 0 Å². The van der Waals surface area contributed by atoms with E-state index < -0.39 is 18.3 Å². The molecule has 0 saturated carbocycles. The van der Waals surface area contributed by atoms with Gasteiger partial charge in [-0.25, -0.2) is 0 Å². The lowest BCUT2D eigenvalue weighted by molar-refractivity contribution is -0.158. The summed E-state index contributed by atoms with van der Waals surface area (Å²) in [5.41, 5.74) is 0.0498. The molecule has 3 heterocycles. The third-order valence-electron chi connectivity index (χ3n) is 4.89. The topological polar surface area (TPSA) is 45.2 Å². The maximum absolute atomic E-state index is 12.8. The Kier molecular flexibility index (Phi) is 4.27. The summed E-state index contributed by atoms with van der Waals surface area (Å²) in [6.07, 6.45) is 1.79. The molecular weight excluding hydrogens is 331 g/mol. The molecule has 2 atom stereocenters. The van der Waals surface area contributed by atoms with Crippen LogP contribution in [0.1, 0.15) is 31.2 Å². The molecule has 2 aliphatic rings. The molecule has 2 aliphatic heterocycles. The SMILES string of the molecule is O=CNC1(c2cncc(Cl)c2)CC2CCC(C1)N2CC(F)(F)F. The first-order valence-electron chi connectivity index (χ1n) is 7.48. The van der Waals surface area contributed by atoms with Crippen LogP contribution in [-0.2, 0) is 10.3 Å². The number of carbonyl (C=O) groups excluding carboxylic acids is 1. The van der Waals surface area contributed by atoms with Crippen LogP contribution in [0.2, 0.25) is 5.02 Å². The maximum atomic E-state index is 12.8. The van der Waals surface area contributed by atoms with Gasteiger partial charge in [0.1, 0.15) is 0 Å². The highest BCUT2D eigenvalue weighted by atomic mass is 35.5. The Balaban J connectivity index is 1.89. The Morgan fingerprint density at radius 3 is 2.52 bits per heavy atom. The molecule has 1 N–H and O–H groups in total. The Bertz CT molecular complexity index is 582. The van der Waals surface area contributed by atoms with Crippen molar-refractivity contribution in [3.05, 3.63) is 29.0 Å². The van der Waals surface area contributed by atoms with Crippen molar-refractivity contribution in [2.24, 2.45) is 0 Å². The highest BCUT2D eigenvalue weighted by Gasteiger charge is 2.51. The summed E-state index contributed by atoms with van der Waals surface area (Å²) in [5.74, 6) is 0. The van der Waals surface area contributed by atoms with Crippen LogP contribution in [0.25, 0.3) is 0 Å². The fourth-order valence-corrected chi connectivity index (χ4v) is 4.20. The molecule has 2 unspecified atom stereocenters. The third-order valence-corrected chi connectivity index (χ3v) is 5.10. The molecule has 0 aromatic carbocycles. The third kappa shape index (κ3) is 3.30. The summed E-state index contributed by atoms with van der Waals surface area (Å²) < 4.78 is 38.4. The van der Waals surface area contributed by atoms with Crippen LogP contribution in [0.4, 0.5) is 13.2 Å². The van der Waals surface area contributed by atoms with Gasteiger partial charge in [0.2, 0.25) is 6.41 Å². The van der Waals surface area contributed by atoms with E-state index in [1.54, 1.807) is 12.3 Å². The van der Waals surface area contributed by atoms with Gasteiger partial charge in [-0.3, -0.25) is 14.7 Å². The normalized spacial score (nSPS) is 31.1. The highest BCUT2D eigenvalue weighted by molar-refractivity contribution is 6.30. The molecule has 0 spiro atoms. The summed E-state index contributed by atoms with van der Waals surface area (Å²) in [6, 6.07) is 1.31. The second-order valence-corrected chi connectivity index (χ2v) is 6.75. The lowest BCUT2D eigenvalue weighted by atomic mass is 9.78. The Morgan fingerprint density at radius 2 is 2.00 bits per heavy atom. The number of halogens is 4. The van der Waals surface area contributed by atoms with E-state index in [4.69, 9.17) is 11.6 Å². The zero-order chi connectivity index (χ0) is 16.7. The van der Waals surface area contributed by atoms with E-state index in [-0.39, 0.29) is 12.1 Å². The summed E-state index contributed by atoms with van der Waals surface area (Å²) in [5, 5.41) is 3.28. The van der Waals surface area contributed by atoms with E-state index in [1.807, 2.05) is 0 Å². The fourth-order valence-electron chi connectivity index (χ4n) is 4.03. The number of fused-ring (bicyclic) bond motifs is 2. The van der Waals surface area contributed by atoms with Crippen molar-refractivity contribution in [3.63, 3.8) is 0 Å². The minimum Gasteiger partial charge on any atom is -0.349 e. The molecule has 0 aliphatic carbocycles. The molecule has 2 bridgehead atoms. The number of hydrogen-bond donors (Lipinski definition) is 1. The molecule has 23 heavy (non-hydrogen) atoms. The van der Waals surface area contributed by atoms with E-state index >= 15 is 0 Å². The molecular formula is C15H17ClF3N3O. The number of aromatic nitrogens is 1. The molecule has 1 aromatic heterocycles. The smallest absolute Gasteiger partial charge is 0.349 e. The van der Waals surface area contributed by atoms with E-state index in [9.17, 15) is 18.0 Å². The molecule has 8 heteroatoms. The van der Waals surface area contributed by atoms with E-state index in [0.29, 0.717) is 37.1 Å². The summed E-state index contributed by atoms with van der Waals surface area (Å²) in [7, 11) is 0. The van der Waals surface area contributed by atoms with Gasteiger partial charge in [0.25, 0.3) is 0 Å². The lowest BCUT2D eigenvalue weighted by Crippen LogP contribution is -2.57. The first kappa shape index (κ1) is 16.5. The number of nitrogens with zero attached hydrogens (tertiary/aromatic N) is 2. The molecule has 2 saturated heterocycles. The van der Waals surface area contributed by atoms with E-state index in [2.05, 4.69) is 10.3 Å². The number of alkyl halides is 3. The number of rotatable bonds is 4. The highest BCUT2D eigenvalue weighted by Crippen LogP contribution is 2.46. The van der Waals surface area contributed by atoms with Crippen LogP contribution in [-0.4, -0.2) is 41.1 Å². The van der Waals surface area contributed by atoms with Crippen molar-refractivity contribution < 1.29 is 18.0 Å². The number of amides is 1. The van der Waals surface area contributed by atoms with Crippen molar-refractivity contribution in [1.82, 2.24) is 15.2 Å². The van der Waals surface area contributed by atoms with Crippen molar-refractivity contribution in [3.8, 4) is 0 Å². The number of carbonyl (C=O) groups is 1. The summed E-state index contributed by atoms with van der Waals surface area (Å²) in [4.78, 5) is 16.7. The van der Waals surface area contributed by atoms with E-state index in [0.717, 1.165) is 5.56 Å². The molecule has 126 valence electrons. The van der Waals surface area contributed by atoms with E-state index in [1.165, 1.54) is 11.1 Å². The average molecular weight is 348 g/mol. The predicted molar refractivity (Wildman–Crippen MR) is 78.9 cm³/mol. The second-order valence-electron chi connectivity index (χ2n) is 6.32. The number of nitrogens with one attached hydrogen (secondary N) is 1. The maximum Gasteiger partial charge on any atom is 0.401 e. The summed E-state index contributed by atoms with van der Waals surface area (Å²) >= 11 is 5.99. The van der Waals surface area contributed by atoms with Gasteiger partial charge in [0, 0.05) is 24.5 Å². The van der Waals surface area contributed by atoms with Crippen molar-refractivity contribution in [2.75, 3.05) is 6.54 Å². The van der Waals surface area contributed by atoms with Gasteiger partial charge in [-0.1, -0.05) is 11.6 Å². The van der Waals surface area contributed by atoms with Crippen LogP contribution >= 0.6 is 11.6 Å². The minimum atomic E-state index is -4.21. The first-order valence-corrected chi connectivity index (χ1v) is 7.86. The van der Waals surface area contributed by atoms with Gasteiger partial charge in [0.05, 0.1) is 17.1 Å². The van der Waals surface area contributed by atoms with Crippen molar-refractivity contribution in [2.45, 2.75) is 49.5 Å². The number of pyridine rings is 1. The number of piperidine rings is 1. The average Bonchev–Trinajstić information content (AvgIpc) is 2.70. The number of hydrogen-bond acceptors (Lipinski definition) is 3. The molecule has 4 nitrogen and oxygen atoms in total. The molecule has 3 rings (SSSR count). The monoisotopic (exact) mass is 347 g/mol. The van der Waals surface area contributed by atoms with Crippen LogP contribution in [0.3, 0.4) is 0 Å². The quantitative estimate of drug-likeness (QED) is 0.852. The van der Waals surface area contributed by atoms with Crippen molar-refractivity contribution >= 4 is 18.0 Å². The molecule has 1 aromatic rings. The van der Waals surface area contributed by atoms with Crippen LogP contribution < -0.4 is 5.32 Å². The summed E-state index contributed by atoms with van der Waals surface area (Å²) in [6.45, 7) is -0.896. The molecule has 0 radical (unpaired) electrons. The van der Waals surface area contributed by atoms with Gasteiger partial charge in [0.15, 0.2) is 0 Å². The zero-order valence-electron chi connectivity index (χ0n) is 12.3. The molecule has 1 amide bonds. The second kappa shape index (κ2) is 5.94. The Morgan fingerprint density at radius 1 is 1.35 bits per heavy atom. The zero-order valence-corrected chi connectivity index (χ0v) is 13.1. The van der Waals surface area contributed by atoms with Gasteiger partial charge >= 0.3 is 6.18 Å². The van der Waals surface area contributed by atoms with Gasteiger partial charge in [-0.2, -0.15) is 13.2 Å². The fraction of sp³-hybridized carbons (Fsp3) is 0.600. The van der Waals surface area contributed by atoms with Gasteiger partial charge in [-0.15, -0.1) is 0 Å². The Hall–Kier alpha value is -1.34. The minimum absolute atomic E-state index is 0.207. The Labute approximate surface area is 137 Å². The van der Waals surface area contributed by atoms with Gasteiger partial charge < -0.3 is 5.32 Å². The van der Waals surface area contributed by atoms with Gasteiger partial charge in [-0.05, 0) is 37.3 Å². The first-order chi connectivity index (χ1) is 10.8. The van der Waals surface area contributed by atoms with Crippen molar-refractivity contribution in [1.29, 1.82) is 0 Å².